The zero-order valence-electron chi connectivity index (χ0n) is 13.2. The van der Waals surface area contributed by atoms with Crippen LogP contribution in [0, 0.1) is 6.92 Å². The third kappa shape index (κ3) is 2.64. The quantitative estimate of drug-likeness (QED) is 0.701. The van der Waals surface area contributed by atoms with Gasteiger partial charge in [0.1, 0.15) is 0 Å². The van der Waals surface area contributed by atoms with Crippen LogP contribution >= 0.6 is 0 Å². The highest BCUT2D eigenvalue weighted by atomic mass is 28.3. The van der Waals surface area contributed by atoms with Crippen LogP contribution in [-0.2, 0) is 0 Å². The van der Waals surface area contributed by atoms with E-state index in [4.69, 9.17) is 0 Å². The number of fused-ring (bicyclic) bond motifs is 1. The number of aryl methyl sites for hydroxylation is 1. The topological polar surface area (TPSA) is 4.93 Å². The first-order valence-corrected chi connectivity index (χ1v) is 11.0. The summed E-state index contributed by atoms with van der Waals surface area (Å²) in [6, 6.07) is 7.55. The molecule has 0 aliphatic heterocycles. The summed E-state index contributed by atoms with van der Waals surface area (Å²) < 4.78 is 2.46. The highest BCUT2D eigenvalue weighted by molar-refractivity contribution is 6.90. The maximum Gasteiger partial charge on any atom is 0.0788 e. The average Bonchev–Trinajstić information content (AvgIpc) is 2.70. The van der Waals surface area contributed by atoms with Crippen molar-refractivity contribution in [1.82, 2.24) is 4.57 Å². The Morgan fingerprint density at radius 1 is 1.16 bits per heavy atom. The van der Waals surface area contributed by atoms with Crippen LogP contribution in [0.2, 0.25) is 19.6 Å². The van der Waals surface area contributed by atoms with Crippen molar-refractivity contribution in [3.63, 3.8) is 0 Å². The van der Waals surface area contributed by atoms with Gasteiger partial charge in [-0.15, -0.1) is 0 Å². The molecular formula is C17H27NSi. The Labute approximate surface area is 118 Å². The SMILES string of the molecule is CCCC(C)n1ccc2c([Si](C)(C)C)c(C)ccc21. The molecule has 0 fully saturated rings. The molecule has 0 bridgehead atoms. The van der Waals surface area contributed by atoms with Gasteiger partial charge in [0.25, 0.3) is 0 Å². The van der Waals surface area contributed by atoms with E-state index in [9.17, 15) is 0 Å². The summed E-state index contributed by atoms with van der Waals surface area (Å²) in [5.41, 5.74) is 2.89. The molecule has 0 amide bonds. The molecule has 2 aromatic rings. The molecule has 1 nitrogen and oxygen atoms in total. The van der Waals surface area contributed by atoms with Crippen molar-refractivity contribution in [2.45, 2.75) is 59.3 Å². The van der Waals surface area contributed by atoms with Crippen LogP contribution in [0.3, 0.4) is 0 Å². The second kappa shape index (κ2) is 5.16. The number of nitrogens with zero attached hydrogens (tertiary/aromatic N) is 1. The summed E-state index contributed by atoms with van der Waals surface area (Å²) in [6.45, 7) is 14.2. The molecule has 0 saturated carbocycles. The molecular weight excluding hydrogens is 246 g/mol. The van der Waals surface area contributed by atoms with Crippen molar-refractivity contribution in [2.75, 3.05) is 0 Å². The van der Waals surface area contributed by atoms with Gasteiger partial charge >= 0.3 is 0 Å². The summed E-state index contributed by atoms with van der Waals surface area (Å²) in [5, 5.41) is 3.12. The summed E-state index contributed by atoms with van der Waals surface area (Å²) in [5.74, 6) is 0. The molecule has 1 atom stereocenters. The van der Waals surface area contributed by atoms with Crippen LogP contribution in [0.5, 0.6) is 0 Å². The smallest absolute Gasteiger partial charge is 0.0788 e. The van der Waals surface area contributed by atoms with E-state index in [1.165, 1.54) is 29.3 Å². The number of hydrogen-bond donors (Lipinski definition) is 0. The Hall–Kier alpha value is -1.02. The molecule has 1 aromatic carbocycles. The number of benzene rings is 1. The lowest BCUT2D eigenvalue weighted by Gasteiger charge is -2.22. The molecule has 0 saturated heterocycles. The number of rotatable bonds is 4. The van der Waals surface area contributed by atoms with E-state index in [0.29, 0.717) is 6.04 Å². The lowest BCUT2D eigenvalue weighted by molar-refractivity contribution is 0.515. The highest BCUT2D eigenvalue weighted by Gasteiger charge is 2.22. The minimum absolute atomic E-state index is 0.597. The van der Waals surface area contributed by atoms with Crippen molar-refractivity contribution >= 4 is 24.2 Å². The van der Waals surface area contributed by atoms with Crippen LogP contribution in [0.1, 0.15) is 38.3 Å². The monoisotopic (exact) mass is 273 g/mol. The Morgan fingerprint density at radius 3 is 2.42 bits per heavy atom. The Kier molecular flexibility index (Phi) is 3.91. The zero-order chi connectivity index (χ0) is 14.2. The molecule has 0 N–H and O–H groups in total. The van der Waals surface area contributed by atoms with E-state index in [1.807, 2.05) is 0 Å². The first-order valence-electron chi connectivity index (χ1n) is 7.47. The summed E-state index contributed by atoms with van der Waals surface area (Å²) >= 11 is 0. The molecule has 19 heavy (non-hydrogen) atoms. The Morgan fingerprint density at radius 2 is 1.84 bits per heavy atom. The molecule has 0 aliphatic rings. The van der Waals surface area contributed by atoms with Crippen molar-refractivity contribution in [2.24, 2.45) is 0 Å². The van der Waals surface area contributed by atoms with E-state index >= 15 is 0 Å². The Bertz CT molecular complexity index is 575. The van der Waals surface area contributed by atoms with Gasteiger partial charge in [-0.25, -0.2) is 0 Å². The van der Waals surface area contributed by atoms with Gasteiger partial charge in [-0.1, -0.05) is 44.6 Å². The van der Waals surface area contributed by atoms with Gasteiger partial charge in [0.05, 0.1) is 8.07 Å². The van der Waals surface area contributed by atoms with E-state index in [1.54, 1.807) is 5.19 Å². The van der Waals surface area contributed by atoms with Crippen LogP contribution in [-0.4, -0.2) is 12.6 Å². The highest BCUT2D eigenvalue weighted by Crippen LogP contribution is 2.24. The van der Waals surface area contributed by atoms with E-state index < -0.39 is 8.07 Å². The summed E-state index contributed by atoms with van der Waals surface area (Å²) in [4.78, 5) is 0. The first kappa shape index (κ1) is 14.4. The van der Waals surface area contributed by atoms with Gasteiger partial charge < -0.3 is 4.57 Å². The first-order chi connectivity index (χ1) is 8.86. The third-order valence-corrected chi connectivity index (χ3v) is 6.21. The zero-order valence-corrected chi connectivity index (χ0v) is 14.2. The van der Waals surface area contributed by atoms with Crippen molar-refractivity contribution in [3.8, 4) is 0 Å². The van der Waals surface area contributed by atoms with Crippen LogP contribution in [0.25, 0.3) is 10.9 Å². The lowest BCUT2D eigenvalue weighted by atomic mass is 10.1. The summed E-state index contributed by atoms with van der Waals surface area (Å²) in [7, 11) is -1.30. The fraction of sp³-hybridized carbons (Fsp3) is 0.529. The van der Waals surface area contributed by atoms with Crippen LogP contribution < -0.4 is 5.19 Å². The predicted octanol–water partition coefficient (Wildman–Crippen LogP) is 4.86. The molecule has 0 spiro atoms. The maximum atomic E-state index is 2.46. The van der Waals surface area contributed by atoms with Crippen molar-refractivity contribution in [1.29, 1.82) is 0 Å². The summed E-state index contributed by atoms with van der Waals surface area (Å²) in [6.07, 6.45) is 4.78. The average molecular weight is 273 g/mol. The van der Waals surface area contributed by atoms with Gasteiger partial charge in [0, 0.05) is 17.8 Å². The molecule has 0 radical (unpaired) electrons. The van der Waals surface area contributed by atoms with Gasteiger partial charge in [-0.05, 0) is 43.0 Å². The molecule has 1 unspecified atom stereocenters. The van der Waals surface area contributed by atoms with Gasteiger partial charge in [0.2, 0.25) is 0 Å². The standard InChI is InChI=1S/C17H27NSi/c1-7-8-14(3)18-12-11-15-16(18)10-9-13(2)17(15)19(4,5)6/h9-12,14H,7-8H2,1-6H3. The van der Waals surface area contributed by atoms with E-state index in [-0.39, 0.29) is 0 Å². The molecule has 104 valence electrons. The normalized spacial score (nSPS) is 14.0. The predicted molar refractivity (Wildman–Crippen MR) is 89.3 cm³/mol. The number of hydrogen-bond acceptors (Lipinski definition) is 0. The van der Waals surface area contributed by atoms with E-state index in [0.717, 1.165) is 0 Å². The molecule has 2 heteroatoms. The molecule has 1 heterocycles. The second-order valence-corrected chi connectivity index (χ2v) is 11.8. The van der Waals surface area contributed by atoms with Crippen LogP contribution in [0.4, 0.5) is 0 Å². The maximum absolute atomic E-state index is 2.46. The molecule has 0 aliphatic carbocycles. The second-order valence-electron chi connectivity index (χ2n) is 6.80. The van der Waals surface area contributed by atoms with Crippen molar-refractivity contribution < 1.29 is 0 Å². The molecule has 1 aromatic heterocycles. The van der Waals surface area contributed by atoms with Gasteiger partial charge in [-0.2, -0.15) is 0 Å². The van der Waals surface area contributed by atoms with Gasteiger partial charge in [-0.3, -0.25) is 0 Å². The Balaban J connectivity index is 2.63. The largest absolute Gasteiger partial charge is 0.345 e. The number of aromatic nitrogens is 1. The molecule has 2 rings (SSSR count). The fourth-order valence-corrected chi connectivity index (χ4v) is 5.57. The fourth-order valence-electron chi connectivity index (χ4n) is 3.28. The van der Waals surface area contributed by atoms with E-state index in [2.05, 4.69) is 69.4 Å². The third-order valence-electron chi connectivity index (χ3n) is 4.04. The minimum Gasteiger partial charge on any atom is -0.345 e. The minimum atomic E-state index is -1.30. The lowest BCUT2D eigenvalue weighted by Crippen LogP contribution is -2.39. The van der Waals surface area contributed by atoms with Crippen molar-refractivity contribution in [3.05, 3.63) is 30.0 Å². The van der Waals surface area contributed by atoms with Gasteiger partial charge in [0.15, 0.2) is 0 Å². The van der Waals surface area contributed by atoms with Crippen LogP contribution in [0.15, 0.2) is 24.4 Å².